The summed E-state index contributed by atoms with van der Waals surface area (Å²) in [5, 5.41) is 28.3. The van der Waals surface area contributed by atoms with Crippen LogP contribution in [0.4, 0.5) is 0 Å². The van der Waals surface area contributed by atoms with Crippen LogP contribution in [0.15, 0.2) is 12.1 Å². The number of phenols is 1. The Labute approximate surface area is 104 Å². The van der Waals surface area contributed by atoms with Gasteiger partial charge >= 0.3 is 5.97 Å². The molecule has 2 rings (SSSR count). The number of hydrogen-bond acceptors (Lipinski definition) is 4. The minimum absolute atomic E-state index is 0.136. The number of ether oxygens (including phenoxy) is 1. The van der Waals surface area contributed by atoms with Gasteiger partial charge in [-0.15, -0.1) is 0 Å². The number of aromatic hydroxyl groups is 1. The van der Waals surface area contributed by atoms with Crippen molar-refractivity contribution in [2.75, 3.05) is 7.11 Å². The molecule has 1 fully saturated rings. The summed E-state index contributed by atoms with van der Waals surface area (Å²) in [4.78, 5) is 11.4. The molecule has 1 aliphatic carbocycles. The lowest BCUT2D eigenvalue weighted by molar-refractivity contribution is -0.147. The first-order chi connectivity index (χ1) is 8.55. The van der Waals surface area contributed by atoms with E-state index < -0.39 is 11.4 Å². The quantitative estimate of drug-likeness (QED) is 0.849. The van der Waals surface area contributed by atoms with Crippen LogP contribution >= 0.6 is 0 Å². The zero-order valence-corrected chi connectivity index (χ0v) is 9.93. The summed E-state index contributed by atoms with van der Waals surface area (Å²) in [5.74, 6) is -1.02. The standard InChI is InChI=1S/C13H13NO4/c1-18-10-6-8(7-14)5-9(11(10)15)13(12(16)17)3-2-4-13/h5-6,15H,2-4H2,1H3,(H,16,17). The van der Waals surface area contributed by atoms with E-state index in [1.54, 1.807) is 0 Å². The molecule has 0 amide bonds. The van der Waals surface area contributed by atoms with Crippen molar-refractivity contribution in [1.82, 2.24) is 0 Å². The van der Waals surface area contributed by atoms with Crippen LogP contribution in [0.2, 0.25) is 0 Å². The number of benzene rings is 1. The maximum absolute atomic E-state index is 11.4. The smallest absolute Gasteiger partial charge is 0.314 e. The molecule has 94 valence electrons. The van der Waals surface area contributed by atoms with Gasteiger partial charge in [0, 0.05) is 11.6 Å². The topological polar surface area (TPSA) is 90.5 Å². The van der Waals surface area contributed by atoms with Crippen molar-refractivity contribution in [3.05, 3.63) is 23.3 Å². The van der Waals surface area contributed by atoms with Gasteiger partial charge in [-0.3, -0.25) is 4.79 Å². The van der Waals surface area contributed by atoms with Crippen molar-refractivity contribution < 1.29 is 19.7 Å². The van der Waals surface area contributed by atoms with Gasteiger partial charge in [0.2, 0.25) is 0 Å². The molecule has 2 N–H and O–H groups in total. The number of methoxy groups -OCH3 is 1. The number of aliphatic carboxylic acids is 1. The number of phenolic OH excluding ortho intramolecular Hbond substituents is 1. The summed E-state index contributed by atoms with van der Waals surface area (Å²) < 4.78 is 4.98. The molecule has 0 atom stereocenters. The van der Waals surface area contributed by atoms with Crippen molar-refractivity contribution in [1.29, 1.82) is 5.26 Å². The first kappa shape index (κ1) is 12.2. The largest absolute Gasteiger partial charge is 0.504 e. The number of carboxylic acid groups (broad SMARTS) is 1. The van der Waals surface area contributed by atoms with Crippen LogP contribution in [0.1, 0.15) is 30.4 Å². The molecule has 0 radical (unpaired) electrons. The summed E-state index contributed by atoms with van der Waals surface area (Å²) in [6, 6.07) is 4.78. The molecule has 5 heteroatoms. The average Bonchev–Trinajstić information content (AvgIpc) is 2.29. The molecule has 1 aromatic rings. The zero-order chi connectivity index (χ0) is 13.3. The highest BCUT2D eigenvalue weighted by atomic mass is 16.5. The highest BCUT2D eigenvalue weighted by Crippen LogP contribution is 2.49. The van der Waals surface area contributed by atoms with Gasteiger partial charge in [0.25, 0.3) is 0 Å². The second-order valence-corrected chi connectivity index (χ2v) is 4.43. The van der Waals surface area contributed by atoms with E-state index in [2.05, 4.69) is 0 Å². The normalized spacial score (nSPS) is 16.4. The molecule has 1 aliphatic rings. The molecule has 1 aromatic carbocycles. The van der Waals surface area contributed by atoms with Crippen LogP contribution < -0.4 is 4.74 Å². The zero-order valence-electron chi connectivity index (χ0n) is 9.93. The fourth-order valence-corrected chi connectivity index (χ4v) is 2.32. The minimum Gasteiger partial charge on any atom is -0.504 e. The molecule has 18 heavy (non-hydrogen) atoms. The highest BCUT2D eigenvalue weighted by Gasteiger charge is 2.48. The van der Waals surface area contributed by atoms with Gasteiger partial charge in [0.05, 0.1) is 24.2 Å². The Morgan fingerprint density at radius 1 is 1.50 bits per heavy atom. The molecule has 1 saturated carbocycles. The Morgan fingerprint density at radius 2 is 2.17 bits per heavy atom. The Balaban J connectivity index is 2.63. The summed E-state index contributed by atoms with van der Waals surface area (Å²) in [7, 11) is 1.37. The summed E-state index contributed by atoms with van der Waals surface area (Å²) in [6.07, 6.45) is 1.73. The number of carboxylic acids is 1. The third-order valence-electron chi connectivity index (χ3n) is 3.56. The number of nitriles is 1. The maximum atomic E-state index is 11.4. The lowest BCUT2D eigenvalue weighted by atomic mass is 9.64. The fraction of sp³-hybridized carbons (Fsp3) is 0.385. The van der Waals surface area contributed by atoms with Gasteiger partial charge in [-0.1, -0.05) is 6.42 Å². The van der Waals surface area contributed by atoms with Crippen LogP contribution in [0.5, 0.6) is 11.5 Å². The maximum Gasteiger partial charge on any atom is 0.314 e. The van der Waals surface area contributed by atoms with Gasteiger partial charge in [-0.25, -0.2) is 0 Å². The predicted octanol–water partition coefficient (Wildman–Crippen LogP) is 1.78. The minimum atomic E-state index is -1.08. The van der Waals surface area contributed by atoms with E-state index in [1.807, 2.05) is 6.07 Å². The van der Waals surface area contributed by atoms with E-state index in [0.29, 0.717) is 12.8 Å². The lowest BCUT2D eigenvalue weighted by Gasteiger charge is -2.38. The Hall–Kier alpha value is -2.22. The van der Waals surface area contributed by atoms with Gasteiger partial charge in [0.1, 0.15) is 0 Å². The molecule has 0 bridgehead atoms. The lowest BCUT2D eigenvalue weighted by Crippen LogP contribution is -2.42. The first-order valence-corrected chi connectivity index (χ1v) is 5.60. The number of rotatable bonds is 3. The van der Waals surface area contributed by atoms with E-state index >= 15 is 0 Å². The highest BCUT2D eigenvalue weighted by molar-refractivity contribution is 5.84. The van der Waals surface area contributed by atoms with Crippen LogP contribution in [0.25, 0.3) is 0 Å². The molecule has 0 spiro atoms. The second kappa shape index (κ2) is 4.22. The SMILES string of the molecule is COc1cc(C#N)cc(C2(C(=O)O)CCC2)c1O. The van der Waals surface area contributed by atoms with Crippen molar-refractivity contribution in [3.63, 3.8) is 0 Å². The predicted molar refractivity (Wildman–Crippen MR) is 62.5 cm³/mol. The third-order valence-corrected chi connectivity index (χ3v) is 3.56. The van der Waals surface area contributed by atoms with E-state index in [-0.39, 0.29) is 22.6 Å². The fourth-order valence-electron chi connectivity index (χ4n) is 2.32. The Morgan fingerprint density at radius 3 is 2.56 bits per heavy atom. The van der Waals surface area contributed by atoms with Crippen molar-refractivity contribution >= 4 is 5.97 Å². The Kier molecular flexibility index (Phi) is 2.87. The van der Waals surface area contributed by atoms with Gasteiger partial charge in [0.15, 0.2) is 11.5 Å². The number of nitrogens with zero attached hydrogens (tertiary/aromatic N) is 1. The monoisotopic (exact) mass is 247 g/mol. The average molecular weight is 247 g/mol. The molecule has 0 unspecified atom stereocenters. The summed E-state index contributed by atoms with van der Waals surface area (Å²) in [5.41, 5.74) is -0.520. The van der Waals surface area contributed by atoms with Gasteiger partial charge in [-0.2, -0.15) is 5.26 Å². The van der Waals surface area contributed by atoms with Crippen LogP contribution in [0, 0.1) is 11.3 Å². The van der Waals surface area contributed by atoms with Crippen molar-refractivity contribution in [2.45, 2.75) is 24.7 Å². The van der Waals surface area contributed by atoms with Gasteiger partial charge in [-0.05, 0) is 18.9 Å². The molecule has 0 aromatic heterocycles. The van der Waals surface area contributed by atoms with Crippen LogP contribution in [-0.4, -0.2) is 23.3 Å². The molecular weight excluding hydrogens is 234 g/mol. The summed E-state index contributed by atoms with van der Waals surface area (Å²) in [6.45, 7) is 0. The first-order valence-electron chi connectivity index (χ1n) is 5.60. The van der Waals surface area contributed by atoms with Crippen LogP contribution in [0.3, 0.4) is 0 Å². The molecule has 0 saturated heterocycles. The molecule has 0 heterocycles. The van der Waals surface area contributed by atoms with E-state index in [4.69, 9.17) is 10.00 Å². The van der Waals surface area contributed by atoms with E-state index in [9.17, 15) is 15.0 Å². The van der Waals surface area contributed by atoms with Crippen LogP contribution in [-0.2, 0) is 10.2 Å². The van der Waals surface area contributed by atoms with E-state index in [1.165, 1.54) is 19.2 Å². The van der Waals surface area contributed by atoms with Gasteiger partial charge < -0.3 is 14.9 Å². The second-order valence-electron chi connectivity index (χ2n) is 4.43. The molecule has 0 aliphatic heterocycles. The molecule has 5 nitrogen and oxygen atoms in total. The summed E-state index contributed by atoms with van der Waals surface area (Å²) >= 11 is 0. The van der Waals surface area contributed by atoms with Crippen molar-refractivity contribution in [2.24, 2.45) is 0 Å². The van der Waals surface area contributed by atoms with Crippen molar-refractivity contribution in [3.8, 4) is 17.6 Å². The third kappa shape index (κ3) is 1.58. The molecular formula is C13H13NO4. The number of hydrogen-bond donors (Lipinski definition) is 2. The number of carbonyl (C=O) groups is 1. The Bertz CT molecular complexity index is 541. The van der Waals surface area contributed by atoms with E-state index in [0.717, 1.165) is 6.42 Å².